The summed E-state index contributed by atoms with van der Waals surface area (Å²) in [5.74, 6) is -0.668. The summed E-state index contributed by atoms with van der Waals surface area (Å²) < 4.78 is 0. The standard InChI is InChI=1S/C25H48O4/c26-23-24(27)21-19-17-15-13-11-9-7-5-3-1-2-4-6-8-10-12-14-16-18-20-22-25(28)29/h1,3,24,26-27H,2,4-23H2,(H,28,29). The summed E-state index contributed by atoms with van der Waals surface area (Å²) in [5, 5.41) is 26.6. The molecule has 0 aromatic carbocycles. The number of rotatable bonds is 23. The lowest BCUT2D eigenvalue weighted by molar-refractivity contribution is -0.137. The fourth-order valence-corrected chi connectivity index (χ4v) is 3.63. The summed E-state index contributed by atoms with van der Waals surface area (Å²) in [6.07, 6.45) is 27.3. The highest BCUT2D eigenvalue weighted by atomic mass is 16.4. The molecule has 1 unspecified atom stereocenters. The third-order valence-electron chi connectivity index (χ3n) is 5.55. The van der Waals surface area contributed by atoms with Crippen LogP contribution in [0, 0.1) is 0 Å². The van der Waals surface area contributed by atoms with E-state index in [0.717, 1.165) is 25.7 Å². The maximum absolute atomic E-state index is 10.4. The van der Waals surface area contributed by atoms with Crippen molar-refractivity contribution in [2.24, 2.45) is 0 Å². The molecule has 29 heavy (non-hydrogen) atoms. The largest absolute Gasteiger partial charge is 0.481 e. The van der Waals surface area contributed by atoms with E-state index in [2.05, 4.69) is 12.2 Å². The Balaban J connectivity index is 3.11. The van der Waals surface area contributed by atoms with Crippen LogP contribution < -0.4 is 0 Å². The molecule has 0 rings (SSSR count). The molecular formula is C25H48O4. The van der Waals surface area contributed by atoms with Gasteiger partial charge in [0.25, 0.3) is 0 Å². The second-order valence-corrected chi connectivity index (χ2v) is 8.47. The van der Waals surface area contributed by atoms with Crippen molar-refractivity contribution in [1.82, 2.24) is 0 Å². The van der Waals surface area contributed by atoms with Crippen LogP contribution in [0.2, 0.25) is 0 Å². The summed E-state index contributed by atoms with van der Waals surface area (Å²) in [6, 6.07) is 0. The molecule has 0 radical (unpaired) electrons. The summed E-state index contributed by atoms with van der Waals surface area (Å²) in [7, 11) is 0. The molecule has 4 nitrogen and oxygen atoms in total. The number of hydrogen-bond acceptors (Lipinski definition) is 3. The van der Waals surface area contributed by atoms with Gasteiger partial charge in [0.15, 0.2) is 0 Å². The Morgan fingerprint density at radius 1 is 0.621 bits per heavy atom. The van der Waals surface area contributed by atoms with Crippen LogP contribution >= 0.6 is 0 Å². The van der Waals surface area contributed by atoms with Crippen LogP contribution in [0.25, 0.3) is 0 Å². The van der Waals surface area contributed by atoms with Gasteiger partial charge in [-0.1, -0.05) is 95.6 Å². The van der Waals surface area contributed by atoms with Crippen molar-refractivity contribution in [2.75, 3.05) is 6.61 Å². The van der Waals surface area contributed by atoms with E-state index in [1.807, 2.05) is 0 Å². The number of allylic oxidation sites excluding steroid dienone is 2. The zero-order valence-corrected chi connectivity index (χ0v) is 18.8. The van der Waals surface area contributed by atoms with E-state index in [9.17, 15) is 9.90 Å². The molecule has 4 heteroatoms. The first-order valence-electron chi connectivity index (χ1n) is 12.3. The molecule has 0 saturated heterocycles. The second kappa shape index (κ2) is 23.4. The quantitative estimate of drug-likeness (QED) is 0.128. The molecule has 0 aliphatic heterocycles. The van der Waals surface area contributed by atoms with Gasteiger partial charge >= 0.3 is 5.97 Å². The Morgan fingerprint density at radius 2 is 1.00 bits per heavy atom. The Kier molecular flexibility index (Phi) is 22.7. The van der Waals surface area contributed by atoms with Crippen LogP contribution in [-0.4, -0.2) is 34.0 Å². The number of carboxylic acids is 1. The van der Waals surface area contributed by atoms with Crippen LogP contribution in [0.15, 0.2) is 12.2 Å². The van der Waals surface area contributed by atoms with Crippen LogP contribution in [-0.2, 0) is 4.79 Å². The van der Waals surface area contributed by atoms with Crippen LogP contribution in [0.3, 0.4) is 0 Å². The maximum Gasteiger partial charge on any atom is 0.303 e. The van der Waals surface area contributed by atoms with Gasteiger partial charge in [-0.2, -0.15) is 0 Å². The van der Waals surface area contributed by atoms with E-state index >= 15 is 0 Å². The number of unbranched alkanes of at least 4 members (excludes halogenated alkanes) is 16. The molecule has 0 heterocycles. The normalized spacial score (nSPS) is 12.6. The van der Waals surface area contributed by atoms with Crippen molar-refractivity contribution in [3.05, 3.63) is 12.2 Å². The monoisotopic (exact) mass is 412 g/mol. The van der Waals surface area contributed by atoms with E-state index in [1.165, 1.54) is 96.3 Å². The van der Waals surface area contributed by atoms with E-state index in [0.29, 0.717) is 6.42 Å². The zero-order chi connectivity index (χ0) is 21.4. The molecule has 0 bridgehead atoms. The minimum absolute atomic E-state index is 0.105. The SMILES string of the molecule is O=C(O)CCCCCCCCCCCC=CCCCCCCCCCC(O)CO. The highest BCUT2D eigenvalue weighted by Gasteiger charge is 2.00. The van der Waals surface area contributed by atoms with E-state index in [4.69, 9.17) is 10.2 Å². The average molecular weight is 413 g/mol. The van der Waals surface area contributed by atoms with Gasteiger partial charge in [-0.05, 0) is 38.5 Å². The van der Waals surface area contributed by atoms with E-state index < -0.39 is 12.1 Å². The summed E-state index contributed by atoms with van der Waals surface area (Å²) >= 11 is 0. The summed E-state index contributed by atoms with van der Waals surface area (Å²) in [4.78, 5) is 10.4. The first kappa shape index (κ1) is 28.1. The molecule has 0 amide bonds. The fraction of sp³-hybridized carbons (Fsp3) is 0.880. The number of aliphatic carboxylic acids is 1. The zero-order valence-electron chi connectivity index (χ0n) is 18.8. The minimum atomic E-state index is -0.668. The minimum Gasteiger partial charge on any atom is -0.481 e. The molecule has 0 fully saturated rings. The number of carboxylic acid groups (broad SMARTS) is 1. The van der Waals surface area contributed by atoms with Crippen molar-refractivity contribution in [3.63, 3.8) is 0 Å². The average Bonchev–Trinajstić information content (AvgIpc) is 2.71. The van der Waals surface area contributed by atoms with Gasteiger partial charge in [0.2, 0.25) is 0 Å². The van der Waals surface area contributed by atoms with Crippen LogP contribution in [0.4, 0.5) is 0 Å². The predicted octanol–water partition coefficient (Wildman–Crippen LogP) is 6.78. The molecule has 0 aliphatic carbocycles. The van der Waals surface area contributed by atoms with Crippen molar-refractivity contribution < 1.29 is 20.1 Å². The van der Waals surface area contributed by atoms with Gasteiger partial charge in [0.05, 0.1) is 12.7 Å². The Bertz CT molecular complexity index is 368. The molecular weight excluding hydrogens is 364 g/mol. The Hall–Kier alpha value is -0.870. The van der Waals surface area contributed by atoms with Gasteiger partial charge in [0.1, 0.15) is 0 Å². The van der Waals surface area contributed by atoms with Crippen molar-refractivity contribution in [3.8, 4) is 0 Å². The lowest BCUT2D eigenvalue weighted by atomic mass is 10.0. The van der Waals surface area contributed by atoms with Crippen molar-refractivity contribution in [2.45, 2.75) is 135 Å². The number of hydrogen-bond donors (Lipinski definition) is 3. The molecule has 1 atom stereocenters. The third kappa shape index (κ3) is 25.1. The second-order valence-electron chi connectivity index (χ2n) is 8.47. The fourth-order valence-electron chi connectivity index (χ4n) is 3.63. The van der Waals surface area contributed by atoms with Crippen LogP contribution in [0.5, 0.6) is 0 Å². The van der Waals surface area contributed by atoms with Gasteiger partial charge < -0.3 is 15.3 Å². The molecule has 0 spiro atoms. The van der Waals surface area contributed by atoms with Crippen LogP contribution in [0.1, 0.15) is 128 Å². The number of aliphatic hydroxyl groups excluding tert-OH is 2. The molecule has 172 valence electrons. The van der Waals surface area contributed by atoms with Gasteiger partial charge in [-0.15, -0.1) is 0 Å². The lowest BCUT2D eigenvalue weighted by Gasteiger charge is -2.06. The summed E-state index contributed by atoms with van der Waals surface area (Å²) in [6.45, 7) is -0.105. The van der Waals surface area contributed by atoms with Gasteiger partial charge in [0, 0.05) is 6.42 Å². The summed E-state index contributed by atoms with van der Waals surface area (Å²) in [5.41, 5.74) is 0. The smallest absolute Gasteiger partial charge is 0.303 e. The van der Waals surface area contributed by atoms with E-state index in [1.54, 1.807) is 0 Å². The molecule has 0 aromatic rings. The number of carbonyl (C=O) groups is 1. The predicted molar refractivity (Wildman–Crippen MR) is 122 cm³/mol. The number of aliphatic hydroxyl groups is 2. The molecule has 3 N–H and O–H groups in total. The lowest BCUT2D eigenvalue weighted by Crippen LogP contribution is -2.10. The Morgan fingerprint density at radius 3 is 1.41 bits per heavy atom. The topological polar surface area (TPSA) is 77.8 Å². The third-order valence-corrected chi connectivity index (χ3v) is 5.55. The van der Waals surface area contributed by atoms with Crippen molar-refractivity contribution in [1.29, 1.82) is 0 Å². The maximum atomic E-state index is 10.4. The molecule has 0 aliphatic rings. The van der Waals surface area contributed by atoms with Crippen molar-refractivity contribution >= 4 is 5.97 Å². The first-order valence-corrected chi connectivity index (χ1v) is 12.3. The van der Waals surface area contributed by atoms with Gasteiger partial charge in [-0.25, -0.2) is 0 Å². The molecule has 0 aromatic heterocycles. The van der Waals surface area contributed by atoms with Gasteiger partial charge in [-0.3, -0.25) is 4.79 Å². The van der Waals surface area contributed by atoms with E-state index in [-0.39, 0.29) is 6.61 Å². The highest BCUT2D eigenvalue weighted by Crippen LogP contribution is 2.13. The molecule has 0 saturated carbocycles. The highest BCUT2D eigenvalue weighted by molar-refractivity contribution is 5.66. The first-order chi connectivity index (χ1) is 14.2. The Labute approximate surface area is 179 Å².